The largest absolute Gasteiger partial charge is 0.375 e. The molecule has 0 N–H and O–H groups in total. The molecule has 0 aliphatic carbocycles. The predicted octanol–water partition coefficient (Wildman–Crippen LogP) is 3.23. The van der Waals surface area contributed by atoms with E-state index in [9.17, 15) is 9.18 Å². The summed E-state index contributed by atoms with van der Waals surface area (Å²) in [4.78, 5) is 14.4. The van der Waals surface area contributed by atoms with E-state index >= 15 is 0 Å². The summed E-state index contributed by atoms with van der Waals surface area (Å²) < 4.78 is 19.2. The highest BCUT2D eigenvalue weighted by molar-refractivity contribution is 9.10. The van der Waals surface area contributed by atoms with E-state index in [1.54, 1.807) is 0 Å². The molecule has 1 heterocycles. The molecule has 1 aromatic carbocycles. The molecule has 5 heteroatoms. The summed E-state index contributed by atoms with van der Waals surface area (Å²) in [6, 6.07) is 4.23. The molecule has 3 nitrogen and oxygen atoms in total. The van der Waals surface area contributed by atoms with Crippen molar-refractivity contribution >= 4 is 21.8 Å². The quantitative estimate of drug-likeness (QED) is 0.833. The van der Waals surface area contributed by atoms with Gasteiger partial charge in [-0.15, -0.1) is 0 Å². The Morgan fingerprint density at radius 3 is 2.95 bits per heavy atom. The number of hydrogen-bond donors (Lipinski definition) is 0. The molecule has 1 aliphatic rings. The van der Waals surface area contributed by atoms with Crippen molar-refractivity contribution in [1.29, 1.82) is 0 Å². The Bertz CT molecular complexity index is 481. The van der Waals surface area contributed by atoms with Crippen LogP contribution in [0.4, 0.5) is 4.39 Å². The van der Waals surface area contributed by atoms with E-state index in [1.165, 1.54) is 18.2 Å². The standard InChI is InChI=1S/C14H17BrFNO2/c1-3-11-8-19-9(2)7-17(11)14(18)12-5-4-10(16)6-13(12)15/h4-6,9,11H,3,7-8H2,1-2H3. The highest BCUT2D eigenvalue weighted by Gasteiger charge is 2.30. The first-order chi connectivity index (χ1) is 9.02. The second kappa shape index (κ2) is 6.01. The first-order valence-corrected chi connectivity index (χ1v) is 7.19. The first kappa shape index (κ1) is 14.5. The Labute approximate surface area is 120 Å². The molecule has 0 saturated carbocycles. The third-order valence-corrected chi connectivity index (χ3v) is 4.02. The lowest BCUT2D eigenvalue weighted by atomic mass is 10.1. The van der Waals surface area contributed by atoms with Gasteiger partial charge in [-0.1, -0.05) is 6.92 Å². The monoisotopic (exact) mass is 329 g/mol. The zero-order chi connectivity index (χ0) is 14.0. The molecule has 1 aromatic rings. The average molecular weight is 330 g/mol. The maximum atomic E-state index is 13.1. The van der Waals surface area contributed by atoms with Crippen molar-refractivity contribution in [2.75, 3.05) is 13.2 Å². The molecule has 104 valence electrons. The Morgan fingerprint density at radius 1 is 1.58 bits per heavy atom. The minimum absolute atomic E-state index is 0.0333. The molecule has 2 unspecified atom stereocenters. The highest BCUT2D eigenvalue weighted by Crippen LogP contribution is 2.23. The van der Waals surface area contributed by atoms with E-state index < -0.39 is 0 Å². The number of rotatable bonds is 2. The minimum Gasteiger partial charge on any atom is -0.375 e. The average Bonchev–Trinajstić information content (AvgIpc) is 2.38. The van der Waals surface area contributed by atoms with Crippen LogP contribution in [0.2, 0.25) is 0 Å². The van der Waals surface area contributed by atoms with E-state index in [4.69, 9.17) is 4.74 Å². The van der Waals surface area contributed by atoms with Crippen LogP contribution in [0, 0.1) is 5.82 Å². The van der Waals surface area contributed by atoms with Crippen molar-refractivity contribution in [2.24, 2.45) is 0 Å². The number of carbonyl (C=O) groups excluding carboxylic acids is 1. The summed E-state index contributed by atoms with van der Waals surface area (Å²) in [6.45, 7) is 5.11. The van der Waals surface area contributed by atoms with Gasteiger partial charge in [0.15, 0.2) is 0 Å². The Balaban J connectivity index is 2.25. The normalized spacial score (nSPS) is 23.5. The number of halogens is 2. The topological polar surface area (TPSA) is 29.5 Å². The minimum atomic E-state index is -0.356. The molecule has 0 spiro atoms. The van der Waals surface area contributed by atoms with Crippen molar-refractivity contribution in [3.05, 3.63) is 34.1 Å². The summed E-state index contributed by atoms with van der Waals surface area (Å²) in [5.41, 5.74) is 0.494. The van der Waals surface area contributed by atoms with Crippen LogP contribution in [-0.4, -0.2) is 36.1 Å². The van der Waals surface area contributed by atoms with Gasteiger partial charge in [-0.3, -0.25) is 4.79 Å². The fourth-order valence-electron chi connectivity index (χ4n) is 2.25. The van der Waals surface area contributed by atoms with Crippen LogP contribution >= 0.6 is 15.9 Å². The van der Waals surface area contributed by atoms with Crippen molar-refractivity contribution in [3.63, 3.8) is 0 Å². The van der Waals surface area contributed by atoms with Crippen molar-refractivity contribution in [1.82, 2.24) is 4.90 Å². The number of nitrogens with zero attached hydrogens (tertiary/aromatic N) is 1. The predicted molar refractivity (Wildman–Crippen MR) is 74.6 cm³/mol. The Hall–Kier alpha value is -0.940. The van der Waals surface area contributed by atoms with Gasteiger partial charge >= 0.3 is 0 Å². The maximum Gasteiger partial charge on any atom is 0.255 e. The lowest BCUT2D eigenvalue weighted by Gasteiger charge is -2.38. The summed E-state index contributed by atoms with van der Waals surface area (Å²) in [5, 5.41) is 0. The number of carbonyl (C=O) groups is 1. The number of morpholine rings is 1. The second-order valence-electron chi connectivity index (χ2n) is 4.79. The van der Waals surface area contributed by atoms with Crippen molar-refractivity contribution in [2.45, 2.75) is 32.4 Å². The maximum absolute atomic E-state index is 13.1. The zero-order valence-corrected chi connectivity index (χ0v) is 12.6. The molecular formula is C14H17BrFNO2. The first-order valence-electron chi connectivity index (χ1n) is 6.40. The Kier molecular flexibility index (Phi) is 4.58. The third-order valence-electron chi connectivity index (χ3n) is 3.36. The van der Waals surface area contributed by atoms with Gasteiger partial charge in [0, 0.05) is 11.0 Å². The molecule has 2 atom stereocenters. The van der Waals surface area contributed by atoms with Gasteiger partial charge in [0.25, 0.3) is 5.91 Å². The lowest BCUT2D eigenvalue weighted by molar-refractivity contribution is -0.0444. The van der Waals surface area contributed by atoms with E-state index in [0.29, 0.717) is 23.2 Å². The van der Waals surface area contributed by atoms with Crippen LogP contribution in [0.3, 0.4) is 0 Å². The van der Waals surface area contributed by atoms with Crippen molar-refractivity contribution < 1.29 is 13.9 Å². The molecule has 1 saturated heterocycles. The molecule has 0 radical (unpaired) electrons. The fourth-order valence-corrected chi connectivity index (χ4v) is 2.77. The van der Waals surface area contributed by atoms with Gasteiger partial charge in [0.2, 0.25) is 0 Å². The molecular weight excluding hydrogens is 313 g/mol. The SMILES string of the molecule is CCC1COC(C)CN1C(=O)c1ccc(F)cc1Br. The molecule has 19 heavy (non-hydrogen) atoms. The number of amides is 1. The van der Waals surface area contributed by atoms with Crippen molar-refractivity contribution in [3.8, 4) is 0 Å². The molecule has 2 rings (SSSR count). The second-order valence-corrected chi connectivity index (χ2v) is 5.64. The van der Waals surface area contributed by atoms with Crippen LogP contribution < -0.4 is 0 Å². The smallest absolute Gasteiger partial charge is 0.255 e. The molecule has 0 aromatic heterocycles. The molecule has 1 aliphatic heterocycles. The number of hydrogen-bond acceptors (Lipinski definition) is 2. The molecule has 1 fully saturated rings. The van der Waals surface area contributed by atoms with Gasteiger partial charge in [-0.2, -0.15) is 0 Å². The van der Waals surface area contributed by atoms with Gasteiger partial charge in [-0.25, -0.2) is 4.39 Å². The number of benzene rings is 1. The van der Waals surface area contributed by atoms with Gasteiger partial charge < -0.3 is 9.64 Å². The van der Waals surface area contributed by atoms with Crippen LogP contribution in [0.1, 0.15) is 30.6 Å². The number of ether oxygens (including phenoxy) is 1. The van der Waals surface area contributed by atoms with E-state index in [2.05, 4.69) is 15.9 Å². The van der Waals surface area contributed by atoms with E-state index in [-0.39, 0.29) is 23.9 Å². The van der Waals surface area contributed by atoms with E-state index in [1.807, 2.05) is 18.7 Å². The third kappa shape index (κ3) is 3.15. The highest BCUT2D eigenvalue weighted by atomic mass is 79.9. The van der Waals surface area contributed by atoms with E-state index in [0.717, 1.165) is 6.42 Å². The fraction of sp³-hybridized carbons (Fsp3) is 0.500. The van der Waals surface area contributed by atoms with Crippen LogP contribution in [0.5, 0.6) is 0 Å². The zero-order valence-electron chi connectivity index (χ0n) is 11.0. The summed E-state index contributed by atoms with van der Waals surface area (Å²) in [6.07, 6.45) is 0.878. The summed E-state index contributed by atoms with van der Waals surface area (Å²) in [7, 11) is 0. The van der Waals surface area contributed by atoms with Crippen LogP contribution in [-0.2, 0) is 4.74 Å². The van der Waals surface area contributed by atoms with Crippen LogP contribution in [0.15, 0.2) is 22.7 Å². The molecule has 0 bridgehead atoms. The van der Waals surface area contributed by atoms with Gasteiger partial charge in [0.05, 0.1) is 24.3 Å². The Morgan fingerprint density at radius 2 is 2.32 bits per heavy atom. The van der Waals surface area contributed by atoms with Crippen LogP contribution in [0.25, 0.3) is 0 Å². The lowest BCUT2D eigenvalue weighted by Crippen LogP contribution is -2.51. The summed E-state index contributed by atoms with van der Waals surface area (Å²) in [5.74, 6) is -0.431. The summed E-state index contributed by atoms with van der Waals surface area (Å²) >= 11 is 3.25. The molecule has 1 amide bonds. The van der Waals surface area contributed by atoms with Gasteiger partial charge in [0.1, 0.15) is 5.82 Å². The van der Waals surface area contributed by atoms with Gasteiger partial charge in [-0.05, 0) is 47.5 Å².